The summed E-state index contributed by atoms with van der Waals surface area (Å²) in [6, 6.07) is 0. The number of nitrogens with two attached hydrogens (primary N) is 1. The van der Waals surface area contributed by atoms with E-state index in [0.29, 0.717) is 6.22 Å². The second-order valence-corrected chi connectivity index (χ2v) is 3.09. The van der Waals surface area contributed by atoms with Crippen LogP contribution in [-0.4, -0.2) is 12.1 Å². The number of hydrogen-bond acceptors (Lipinski definition) is 2. The number of hydrogen-bond donors (Lipinski definition) is 1. The van der Waals surface area contributed by atoms with Gasteiger partial charge in [0.15, 0.2) is 5.52 Å². The van der Waals surface area contributed by atoms with Crippen molar-refractivity contribution in [2.45, 2.75) is 0 Å². The fraction of sp³-hybridized carbons (Fsp3) is 0.500. The van der Waals surface area contributed by atoms with Crippen LogP contribution in [0.1, 0.15) is 0 Å². The molecule has 0 bridgehead atoms. The molecule has 4 heteroatoms. The first-order chi connectivity index (χ1) is 2.81. The van der Waals surface area contributed by atoms with Crippen LogP contribution in [0.4, 0.5) is 0 Å². The van der Waals surface area contributed by atoms with E-state index in [9.17, 15) is 4.79 Å². The molecule has 0 fully saturated rings. The van der Waals surface area contributed by atoms with Gasteiger partial charge in [0.05, 0.1) is 6.54 Å². The van der Waals surface area contributed by atoms with Crippen molar-refractivity contribution < 1.29 is 4.79 Å². The average Bonchev–Trinajstić information content (AvgIpc) is 1.65. The van der Waals surface area contributed by atoms with E-state index in [1.54, 1.807) is 0 Å². The third-order valence-electron chi connectivity index (χ3n) is 0.291. The highest BCUT2D eigenvalue weighted by Gasteiger charge is 1.88. The molecular weight excluding hydrogens is 212 g/mol. The highest BCUT2D eigenvalue weighted by Crippen LogP contribution is 2.19. The van der Waals surface area contributed by atoms with Crippen molar-refractivity contribution in [3.63, 3.8) is 0 Å². The quantitative estimate of drug-likeness (QED) is 0.540. The number of rotatable bonds is 2. The summed E-state index contributed by atoms with van der Waals surface area (Å²) in [4.78, 5) is 10.1. The van der Waals surface area contributed by atoms with Crippen molar-refractivity contribution in [3.8, 4) is 0 Å². The van der Waals surface area contributed by atoms with E-state index in [0.717, 1.165) is 0 Å². The molecule has 1 atom stereocenters. The van der Waals surface area contributed by atoms with Gasteiger partial charge in [-0.3, -0.25) is 4.79 Å². The second kappa shape index (κ2) is 3.96. The van der Waals surface area contributed by atoms with E-state index in [2.05, 4.69) is 0 Å². The van der Waals surface area contributed by atoms with Crippen LogP contribution in [0.5, 0.6) is 0 Å². The molecule has 0 aliphatic carbocycles. The van der Waals surface area contributed by atoms with Gasteiger partial charge in [-0.15, -0.1) is 0 Å². The summed E-state index contributed by atoms with van der Waals surface area (Å²) in [5.74, 6) is 0. The summed E-state index contributed by atoms with van der Waals surface area (Å²) in [5.41, 5.74) is 5.07. The predicted molar refractivity (Wildman–Crippen MR) is 36.4 cm³/mol. The van der Waals surface area contributed by atoms with Gasteiger partial charge in [-0.05, 0) is 22.0 Å². The van der Waals surface area contributed by atoms with Crippen LogP contribution >= 0.6 is 28.3 Å². The van der Waals surface area contributed by atoms with E-state index in [-0.39, 0.29) is 12.1 Å². The van der Waals surface area contributed by atoms with Gasteiger partial charge in [-0.1, -0.05) is 0 Å². The molecule has 0 radical (unpaired) electrons. The molecule has 0 aromatic heterocycles. The number of halogens is 1. The van der Waals surface area contributed by atoms with Crippen LogP contribution in [0.2, 0.25) is 0 Å². The normalized spacial score (nSPS) is 10.3. The maximum absolute atomic E-state index is 10.1. The Hall–Kier alpha value is 0.790. The Bertz CT molecular complexity index is 51.5. The SMILES string of the molecule is NCC(=O)PI. The van der Waals surface area contributed by atoms with Crippen LogP contribution in [-0.2, 0) is 4.79 Å². The first kappa shape index (κ1) is 6.79. The van der Waals surface area contributed by atoms with Gasteiger partial charge in [0.25, 0.3) is 0 Å². The van der Waals surface area contributed by atoms with Crippen molar-refractivity contribution in [3.05, 3.63) is 0 Å². The van der Waals surface area contributed by atoms with E-state index < -0.39 is 0 Å². The fourth-order valence-electron chi connectivity index (χ4n) is 0.0386. The summed E-state index contributed by atoms with van der Waals surface area (Å²) < 4.78 is 0. The molecule has 0 spiro atoms. The van der Waals surface area contributed by atoms with Crippen LogP contribution in [0, 0.1) is 0 Å². The fourth-order valence-corrected chi connectivity index (χ4v) is 0.776. The first-order valence-electron chi connectivity index (χ1n) is 1.40. The Morgan fingerprint density at radius 3 is 2.50 bits per heavy atom. The van der Waals surface area contributed by atoms with Gasteiger partial charge in [-0.25, -0.2) is 0 Å². The van der Waals surface area contributed by atoms with Crippen molar-refractivity contribution in [1.82, 2.24) is 0 Å². The third-order valence-corrected chi connectivity index (χ3v) is 2.51. The zero-order valence-corrected chi connectivity index (χ0v) is 6.23. The van der Waals surface area contributed by atoms with E-state index in [4.69, 9.17) is 5.73 Å². The van der Waals surface area contributed by atoms with Gasteiger partial charge in [-0.2, -0.15) is 0 Å². The Morgan fingerprint density at radius 1 is 2.00 bits per heavy atom. The highest BCUT2D eigenvalue weighted by atomic mass is 127. The highest BCUT2D eigenvalue weighted by molar-refractivity contribution is 14.2. The molecule has 0 saturated heterocycles. The van der Waals surface area contributed by atoms with Gasteiger partial charge >= 0.3 is 0 Å². The topological polar surface area (TPSA) is 43.1 Å². The minimum absolute atomic E-state index is 0.135. The van der Waals surface area contributed by atoms with E-state index >= 15 is 0 Å². The molecule has 0 amide bonds. The van der Waals surface area contributed by atoms with Crippen molar-refractivity contribution in [1.29, 1.82) is 0 Å². The molecule has 0 aliphatic heterocycles. The van der Waals surface area contributed by atoms with E-state index in [1.807, 2.05) is 22.0 Å². The van der Waals surface area contributed by atoms with Crippen LogP contribution < -0.4 is 5.73 Å². The standard InChI is InChI=1S/C2H5INOP/c3-6-2(5)1-4/h6H,1,4H2. The lowest BCUT2D eigenvalue weighted by molar-refractivity contribution is -0.109. The Balaban J connectivity index is 2.99. The molecule has 6 heavy (non-hydrogen) atoms. The minimum atomic E-state index is 0.135. The maximum atomic E-state index is 10.1. The van der Waals surface area contributed by atoms with Gasteiger partial charge in [0.2, 0.25) is 0 Å². The first-order valence-corrected chi connectivity index (χ1v) is 5.52. The third kappa shape index (κ3) is 3.00. The number of carbonyl (C=O) groups excluding carboxylic acids is 1. The predicted octanol–water partition coefficient (Wildman–Crippen LogP) is 0.500. The lowest BCUT2D eigenvalue weighted by Crippen LogP contribution is -2.05. The van der Waals surface area contributed by atoms with Crippen molar-refractivity contribution in [2.75, 3.05) is 6.54 Å². The molecule has 0 rings (SSSR count). The summed E-state index contributed by atoms with van der Waals surface area (Å²) in [7, 11) is 0. The molecule has 36 valence electrons. The molecule has 2 N–H and O–H groups in total. The van der Waals surface area contributed by atoms with Crippen molar-refractivity contribution in [2.24, 2.45) is 5.73 Å². The molecule has 2 nitrogen and oxygen atoms in total. The van der Waals surface area contributed by atoms with Crippen molar-refractivity contribution >= 4 is 33.8 Å². The monoisotopic (exact) mass is 217 g/mol. The smallest absolute Gasteiger partial charge is 0.174 e. The second-order valence-electron chi connectivity index (χ2n) is 0.722. The summed E-state index contributed by atoms with van der Waals surface area (Å²) in [6.07, 6.45) is 0.338. The molecule has 0 aliphatic rings. The molecule has 1 unspecified atom stereocenters. The molecular formula is C2H5INOP. The zero-order chi connectivity index (χ0) is 4.99. The van der Waals surface area contributed by atoms with Crippen LogP contribution in [0.25, 0.3) is 0 Å². The van der Waals surface area contributed by atoms with Gasteiger partial charge < -0.3 is 5.73 Å². The zero-order valence-electron chi connectivity index (χ0n) is 3.07. The maximum Gasteiger partial charge on any atom is 0.174 e. The summed E-state index contributed by atoms with van der Waals surface area (Å²) >= 11 is 2.01. The van der Waals surface area contributed by atoms with Crippen LogP contribution in [0.3, 0.4) is 0 Å². The lowest BCUT2D eigenvalue weighted by atomic mass is 10.8. The minimum Gasteiger partial charge on any atom is -0.324 e. The summed E-state index contributed by atoms with van der Waals surface area (Å²) in [6.45, 7) is 0.196. The largest absolute Gasteiger partial charge is 0.324 e. The number of carbonyl (C=O) groups is 1. The lowest BCUT2D eigenvalue weighted by Gasteiger charge is -1.80. The Kier molecular flexibility index (Phi) is 4.48. The average molecular weight is 217 g/mol. The molecule has 0 saturated carbocycles. The van der Waals surface area contributed by atoms with E-state index in [1.165, 1.54) is 0 Å². The molecule has 0 aromatic rings. The molecule has 0 heterocycles. The van der Waals surface area contributed by atoms with Crippen LogP contribution in [0.15, 0.2) is 0 Å². The van der Waals surface area contributed by atoms with Gasteiger partial charge in [0, 0.05) is 6.22 Å². The van der Waals surface area contributed by atoms with Gasteiger partial charge in [0.1, 0.15) is 0 Å². The Labute approximate surface area is 51.1 Å². The Morgan fingerprint density at radius 2 is 2.50 bits per heavy atom. The summed E-state index contributed by atoms with van der Waals surface area (Å²) in [5, 5.41) is 0. The molecule has 0 aromatic carbocycles.